The highest BCUT2D eigenvalue weighted by Crippen LogP contribution is 2.33. The summed E-state index contributed by atoms with van der Waals surface area (Å²) in [5, 5.41) is 0. The molecule has 122 valence electrons. The van der Waals surface area contributed by atoms with E-state index in [1.54, 1.807) is 5.57 Å². The van der Waals surface area contributed by atoms with Crippen LogP contribution >= 0.6 is 0 Å². The van der Waals surface area contributed by atoms with Crippen LogP contribution in [0.1, 0.15) is 55.2 Å². The summed E-state index contributed by atoms with van der Waals surface area (Å²) in [5.74, 6) is 0.582. The van der Waals surface area contributed by atoms with Gasteiger partial charge in [-0.25, -0.2) is 0 Å². The van der Waals surface area contributed by atoms with Crippen LogP contribution in [0.2, 0.25) is 0 Å². The normalized spacial score (nSPS) is 22.2. The van der Waals surface area contributed by atoms with Gasteiger partial charge in [0.1, 0.15) is 0 Å². The largest absolute Gasteiger partial charge is 0.412 e. The zero-order chi connectivity index (χ0) is 15.4. The number of fused-ring (bicyclic) bond motifs is 1. The standard InChI is InChI=1S/C22H26.H2O/c1-3-7-21-15-18(9-5-4-8-17(21)2)14-19-12-13-20-10-6-11-22(20)16-19;/h3,6,11-14,16,21H,1-2,4-5,7-10,15H2;1H2/b18-14-;. The second-order valence-electron chi connectivity index (χ2n) is 6.66. The molecule has 1 aromatic rings. The number of hydrogen-bond donors (Lipinski definition) is 0. The zero-order valence-corrected chi connectivity index (χ0v) is 14.0. The van der Waals surface area contributed by atoms with Crippen molar-refractivity contribution in [3.8, 4) is 0 Å². The maximum absolute atomic E-state index is 4.32. The summed E-state index contributed by atoms with van der Waals surface area (Å²) in [7, 11) is 0. The van der Waals surface area contributed by atoms with Crippen LogP contribution in [-0.2, 0) is 6.42 Å². The van der Waals surface area contributed by atoms with E-state index in [9.17, 15) is 0 Å². The average Bonchev–Trinajstić information content (AvgIpc) is 2.96. The Morgan fingerprint density at radius 2 is 2.00 bits per heavy atom. The first-order chi connectivity index (χ1) is 10.8. The SMILES string of the molecule is C=CCC1C/C(=C\c2ccc3c(c2)C=CC3)CCCCC1=C.O. The molecule has 0 amide bonds. The van der Waals surface area contributed by atoms with Crippen LogP contribution in [0.25, 0.3) is 12.2 Å². The van der Waals surface area contributed by atoms with E-state index >= 15 is 0 Å². The van der Waals surface area contributed by atoms with Gasteiger partial charge in [0.25, 0.3) is 0 Å². The van der Waals surface area contributed by atoms with Gasteiger partial charge in [-0.05, 0) is 73.6 Å². The molecule has 1 atom stereocenters. The number of rotatable bonds is 3. The Kier molecular flexibility index (Phi) is 6.18. The molecule has 3 rings (SSSR count). The van der Waals surface area contributed by atoms with Crippen LogP contribution < -0.4 is 0 Å². The molecule has 0 bridgehead atoms. The molecule has 1 fully saturated rings. The van der Waals surface area contributed by atoms with Gasteiger partial charge < -0.3 is 5.48 Å². The molecule has 0 heterocycles. The lowest BCUT2D eigenvalue weighted by atomic mass is 9.82. The smallest absolute Gasteiger partial charge is 0.00882 e. The Morgan fingerprint density at radius 3 is 2.83 bits per heavy atom. The van der Waals surface area contributed by atoms with E-state index in [1.165, 1.54) is 47.9 Å². The fourth-order valence-electron chi connectivity index (χ4n) is 3.65. The Labute approximate surface area is 140 Å². The third kappa shape index (κ3) is 4.33. The number of benzene rings is 1. The average molecular weight is 308 g/mol. The van der Waals surface area contributed by atoms with Gasteiger partial charge >= 0.3 is 0 Å². The molecular formula is C22H28O. The summed E-state index contributed by atoms with van der Waals surface area (Å²) in [6, 6.07) is 6.89. The van der Waals surface area contributed by atoms with Crippen molar-refractivity contribution in [2.45, 2.75) is 44.9 Å². The van der Waals surface area contributed by atoms with Crippen molar-refractivity contribution in [1.29, 1.82) is 0 Å². The molecule has 1 saturated carbocycles. The fraction of sp³-hybridized carbons (Fsp3) is 0.364. The summed E-state index contributed by atoms with van der Waals surface area (Å²) in [6.45, 7) is 8.24. The first kappa shape index (κ1) is 17.5. The monoisotopic (exact) mass is 308 g/mol. The summed E-state index contributed by atoms with van der Waals surface area (Å²) < 4.78 is 0. The van der Waals surface area contributed by atoms with Crippen molar-refractivity contribution in [2.75, 3.05) is 0 Å². The molecule has 23 heavy (non-hydrogen) atoms. The molecule has 1 unspecified atom stereocenters. The lowest BCUT2D eigenvalue weighted by molar-refractivity contribution is 0.534. The minimum absolute atomic E-state index is 0. The lowest BCUT2D eigenvalue weighted by Gasteiger charge is -2.23. The molecule has 0 aliphatic heterocycles. The topological polar surface area (TPSA) is 31.5 Å². The van der Waals surface area contributed by atoms with E-state index in [0.717, 1.165) is 19.3 Å². The van der Waals surface area contributed by atoms with E-state index < -0.39 is 0 Å². The van der Waals surface area contributed by atoms with E-state index in [0.29, 0.717) is 5.92 Å². The highest BCUT2D eigenvalue weighted by atomic mass is 16.0. The van der Waals surface area contributed by atoms with Gasteiger partial charge in [0.2, 0.25) is 0 Å². The van der Waals surface area contributed by atoms with Crippen molar-refractivity contribution in [3.05, 3.63) is 71.3 Å². The Hall–Kier alpha value is -1.86. The molecule has 1 nitrogen and oxygen atoms in total. The van der Waals surface area contributed by atoms with E-state index in [4.69, 9.17) is 0 Å². The predicted molar refractivity (Wildman–Crippen MR) is 101 cm³/mol. The van der Waals surface area contributed by atoms with Crippen LogP contribution in [0, 0.1) is 5.92 Å². The lowest BCUT2D eigenvalue weighted by Crippen LogP contribution is -2.07. The maximum Gasteiger partial charge on any atom is -0.00882 e. The van der Waals surface area contributed by atoms with E-state index in [1.807, 2.05) is 0 Å². The van der Waals surface area contributed by atoms with Crippen LogP contribution in [0.15, 0.2) is 54.7 Å². The highest BCUT2D eigenvalue weighted by Gasteiger charge is 2.16. The molecule has 2 aliphatic rings. The van der Waals surface area contributed by atoms with Crippen molar-refractivity contribution < 1.29 is 5.48 Å². The molecule has 0 spiro atoms. The summed E-state index contributed by atoms with van der Waals surface area (Å²) in [5.41, 5.74) is 7.20. The first-order valence-electron chi connectivity index (χ1n) is 8.54. The molecular weight excluding hydrogens is 280 g/mol. The van der Waals surface area contributed by atoms with Gasteiger partial charge in [0.05, 0.1) is 0 Å². The van der Waals surface area contributed by atoms with E-state index in [2.05, 4.69) is 55.7 Å². The van der Waals surface area contributed by atoms with Crippen LogP contribution in [0.5, 0.6) is 0 Å². The number of allylic oxidation sites excluding steroid dienone is 4. The van der Waals surface area contributed by atoms with Crippen LogP contribution in [0.3, 0.4) is 0 Å². The molecule has 0 radical (unpaired) electrons. The summed E-state index contributed by atoms with van der Waals surface area (Å²) >= 11 is 0. The van der Waals surface area contributed by atoms with Gasteiger partial charge in [-0.1, -0.05) is 54.2 Å². The highest BCUT2D eigenvalue weighted by molar-refractivity contribution is 5.65. The first-order valence-corrected chi connectivity index (χ1v) is 8.54. The van der Waals surface area contributed by atoms with Gasteiger partial charge in [0, 0.05) is 0 Å². The van der Waals surface area contributed by atoms with Crippen molar-refractivity contribution >= 4 is 12.2 Å². The van der Waals surface area contributed by atoms with Crippen LogP contribution in [-0.4, -0.2) is 5.48 Å². The second kappa shape index (κ2) is 8.12. The Bertz CT molecular complexity index is 633. The molecule has 1 heteroatoms. The molecule has 0 saturated heterocycles. The minimum atomic E-state index is 0. The summed E-state index contributed by atoms with van der Waals surface area (Å²) in [4.78, 5) is 0. The summed E-state index contributed by atoms with van der Waals surface area (Å²) in [6.07, 6.45) is 17.3. The predicted octanol–water partition coefficient (Wildman–Crippen LogP) is 5.53. The molecule has 1 aromatic carbocycles. The van der Waals surface area contributed by atoms with Crippen molar-refractivity contribution in [3.63, 3.8) is 0 Å². The second-order valence-corrected chi connectivity index (χ2v) is 6.66. The van der Waals surface area contributed by atoms with Gasteiger partial charge in [-0.2, -0.15) is 0 Å². The van der Waals surface area contributed by atoms with Gasteiger partial charge in [-0.3, -0.25) is 0 Å². The van der Waals surface area contributed by atoms with Crippen molar-refractivity contribution in [2.24, 2.45) is 5.92 Å². The Balaban J connectivity index is 0.00000192. The van der Waals surface area contributed by atoms with Crippen molar-refractivity contribution in [1.82, 2.24) is 0 Å². The third-order valence-corrected chi connectivity index (χ3v) is 4.96. The number of hydrogen-bond acceptors (Lipinski definition) is 0. The van der Waals surface area contributed by atoms with E-state index in [-0.39, 0.29) is 5.48 Å². The molecule has 2 aliphatic carbocycles. The minimum Gasteiger partial charge on any atom is -0.412 e. The molecule has 2 N–H and O–H groups in total. The van der Waals surface area contributed by atoms with Crippen LogP contribution in [0.4, 0.5) is 0 Å². The Morgan fingerprint density at radius 1 is 1.17 bits per heavy atom. The molecule has 0 aromatic heterocycles. The maximum atomic E-state index is 4.32. The zero-order valence-electron chi connectivity index (χ0n) is 14.0. The quantitative estimate of drug-likeness (QED) is 0.658. The third-order valence-electron chi connectivity index (χ3n) is 4.96. The van der Waals surface area contributed by atoms with Gasteiger partial charge in [-0.15, -0.1) is 6.58 Å². The fourth-order valence-corrected chi connectivity index (χ4v) is 3.65. The van der Waals surface area contributed by atoms with Gasteiger partial charge in [0.15, 0.2) is 0 Å².